The fourth-order valence-corrected chi connectivity index (χ4v) is 3.45. The summed E-state index contributed by atoms with van der Waals surface area (Å²) in [6.45, 7) is 3.92. The summed E-state index contributed by atoms with van der Waals surface area (Å²) in [5.74, 6) is -1.19. The number of sulfonamides is 1. The van der Waals surface area contributed by atoms with Gasteiger partial charge >= 0.3 is 7.12 Å². The Morgan fingerprint density at radius 2 is 1.75 bits per heavy atom. The number of anilines is 1. The van der Waals surface area contributed by atoms with Crippen LogP contribution in [0.3, 0.4) is 0 Å². The molecule has 2 aromatic rings. The summed E-state index contributed by atoms with van der Waals surface area (Å²) in [6, 6.07) is 12.3. The number of hydrogen-bond acceptors (Lipinski definition) is 5. The van der Waals surface area contributed by atoms with Crippen LogP contribution in [-0.2, 0) is 27.7 Å². The maximum absolute atomic E-state index is 12.3. The molecule has 0 bridgehead atoms. The molecule has 0 spiro atoms. The SMILES string of the molecule is Cc1ccc(CC(NC(=O)Cc2ccc(NS(C)(=O)=O)cc2)B(O)O)c(C)c1. The lowest BCUT2D eigenvalue weighted by Crippen LogP contribution is -2.48. The summed E-state index contributed by atoms with van der Waals surface area (Å²) in [5, 5.41) is 22.0. The van der Waals surface area contributed by atoms with Gasteiger partial charge in [0.05, 0.1) is 18.6 Å². The number of amides is 1. The van der Waals surface area contributed by atoms with E-state index in [9.17, 15) is 23.3 Å². The zero-order chi connectivity index (χ0) is 20.9. The van der Waals surface area contributed by atoms with Gasteiger partial charge in [0.15, 0.2) is 0 Å². The van der Waals surface area contributed by atoms with E-state index in [0.717, 1.165) is 22.9 Å². The normalized spacial score (nSPS) is 12.3. The zero-order valence-electron chi connectivity index (χ0n) is 16.1. The predicted octanol–water partition coefficient (Wildman–Crippen LogP) is 0.957. The van der Waals surface area contributed by atoms with Crippen molar-refractivity contribution in [3.63, 3.8) is 0 Å². The molecule has 0 fully saturated rings. The summed E-state index contributed by atoms with van der Waals surface area (Å²) in [4.78, 5) is 12.3. The summed E-state index contributed by atoms with van der Waals surface area (Å²) < 4.78 is 24.8. The smallest absolute Gasteiger partial charge is 0.426 e. The molecule has 0 heterocycles. The van der Waals surface area contributed by atoms with Crippen LogP contribution in [0.2, 0.25) is 0 Å². The molecule has 0 saturated heterocycles. The van der Waals surface area contributed by atoms with Crippen molar-refractivity contribution in [3.8, 4) is 0 Å². The topological polar surface area (TPSA) is 116 Å². The molecule has 28 heavy (non-hydrogen) atoms. The Labute approximate surface area is 166 Å². The maximum atomic E-state index is 12.3. The van der Waals surface area contributed by atoms with E-state index in [2.05, 4.69) is 10.0 Å². The molecule has 1 amide bonds. The highest BCUT2D eigenvalue weighted by Crippen LogP contribution is 2.14. The molecule has 0 aromatic heterocycles. The first-order valence-electron chi connectivity index (χ1n) is 8.82. The van der Waals surface area contributed by atoms with E-state index in [1.54, 1.807) is 24.3 Å². The Hall–Kier alpha value is -2.36. The Bertz CT molecular complexity index is 930. The van der Waals surface area contributed by atoms with Crippen molar-refractivity contribution in [1.82, 2.24) is 5.32 Å². The lowest BCUT2D eigenvalue weighted by atomic mass is 9.75. The van der Waals surface area contributed by atoms with Gasteiger partial charge < -0.3 is 15.4 Å². The summed E-state index contributed by atoms with van der Waals surface area (Å²) in [5.41, 5.74) is 4.15. The van der Waals surface area contributed by atoms with Gasteiger partial charge in [0.1, 0.15) is 0 Å². The first-order chi connectivity index (χ1) is 13.0. The highest BCUT2D eigenvalue weighted by Gasteiger charge is 2.26. The van der Waals surface area contributed by atoms with Crippen molar-refractivity contribution in [2.75, 3.05) is 11.0 Å². The van der Waals surface area contributed by atoms with Crippen molar-refractivity contribution in [3.05, 3.63) is 64.7 Å². The first-order valence-corrected chi connectivity index (χ1v) is 10.7. The van der Waals surface area contributed by atoms with E-state index in [1.807, 2.05) is 32.0 Å². The third-order valence-electron chi connectivity index (χ3n) is 4.27. The zero-order valence-corrected chi connectivity index (χ0v) is 17.0. The molecular weight excluding hydrogens is 379 g/mol. The van der Waals surface area contributed by atoms with Crippen molar-refractivity contribution in [2.45, 2.75) is 32.6 Å². The molecule has 0 aliphatic heterocycles. The van der Waals surface area contributed by atoms with Crippen LogP contribution in [0.5, 0.6) is 0 Å². The molecule has 150 valence electrons. The van der Waals surface area contributed by atoms with E-state index < -0.39 is 23.1 Å². The second-order valence-corrected chi connectivity index (χ2v) is 8.72. The molecule has 1 unspecified atom stereocenters. The average molecular weight is 404 g/mol. The summed E-state index contributed by atoms with van der Waals surface area (Å²) in [6.07, 6.45) is 1.40. The Morgan fingerprint density at radius 3 is 2.29 bits per heavy atom. The molecular formula is C19H25BN2O5S. The molecule has 9 heteroatoms. The van der Waals surface area contributed by atoms with Crippen LogP contribution in [0.15, 0.2) is 42.5 Å². The van der Waals surface area contributed by atoms with Gasteiger partial charge in [0.2, 0.25) is 15.9 Å². The minimum Gasteiger partial charge on any atom is -0.426 e. The quantitative estimate of drug-likeness (QED) is 0.489. The molecule has 0 radical (unpaired) electrons. The van der Waals surface area contributed by atoms with Crippen molar-refractivity contribution in [1.29, 1.82) is 0 Å². The maximum Gasteiger partial charge on any atom is 0.475 e. The van der Waals surface area contributed by atoms with E-state index in [1.165, 1.54) is 0 Å². The van der Waals surface area contributed by atoms with Crippen molar-refractivity contribution < 1.29 is 23.3 Å². The second kappa shape index (κ2) is 9.23. The largest absolute Gasteiger partial charge is 0.475 e. The monoisotopic (exact) mass is 404 g/mol. The number of carbonyl (C=O) groups excluding carboxylic acids is 1. The van der Waals surface area contributed by atoms with Gasteiger partial charge in [0.25, 0.3) is 0 Å². The molecule has 2 aromatic carbocycles. The van der Waals surface area contributed by atoms with Crippen molar-refractivity contribution >= 4 is 28.7 Å². The fraction of sp³-hybridized carbons (Fsp3) is 0.316. The van der Waals surface area contributed by atoms with E-state index in [0.29, 0.717) is 17.7 Å². The van der Waals surface area contributed by atoms with E-state index in [4.69, 9.17) is 0 Å². The fourth-order valence-electron chi connectivity index (χ4n) is 2.89. The minimum atomic E-state index is -3.36. The molecule has 1 atom stereocenters. The lowest BCUT2D eigenvalue weighted by Gasteiger charge is -2.19. The van der Waals surface area contributed by atoms with Gasteiger partial charge in [0, 0.05) is 5.69 Å². The van der Waals surface area contributed by atoms with Gasteiger partial charge in [-0.15, -0.1) is 0 Å². The Balaban J connectivity index is 2.00. The van der Waals surface area contributed by atoms with Crippen LogP contribution >= 0.6 is 0 Å². The number of nitrogens with one attached hydrogen (secondary N) is 2. The highest BCUT2D eigenvalue weighted by molar-refractivity contribution is 7.92. The minimum absolute atomic E-state index is 0.0370. The second-order valence-electron chi connectivity index (χ2n) is 6.97. The van der Waals surface area contributed by atoms with Crippen LogP contribution in [0.1, 0.15) is 22.3 Å². The van der Waals surface area contributed by atoms with E-state index >= 15 is 0 Å². The molecule has 0 aliphatic carbocycles. The third-order valence-corrected chi connectivity index (χ3v) is 4.87. The van der Waals surface area contributed by atoms with Crippen LogP contribution in [0.25, 0.3) is 0 Å². The highest BCUT2D eigenvalue weighted by atomic mass is 32.2. The Kier molecular flexibility index (Phi) is 7.23. The van der Waals surface area contributed by atoms with Gasteiger partial charge in [-0.3, -0.25) is 9.52 Å². The van der Waals surface area contributed by atoms with Crippen LogP contribution in [-0.4, -0.2) is 43.7 Å². The standard InChI is InChI=1S/C19H25BN2O5S/c1-13-4-7-16(14(2)10-13)12-18(20(24)25)21-19(23)11-15-5-8-17(9-6-15)22-28(3,26)27/h4-10,18,22,24-25H,11-12H2,1-3H3,(H,21,23). The summed E-state index contributed by atoms with van der Waals surface area (Å²) >= 11 is 0. The molecule has 0 saturated carbocycles. The molecule has 7 nitrogen and oxygen atoms in total. The first kappa shape index (κ1) is 21.9. The van der Waals surface area contributed by atoms with Crippen LogP contribution < -0.4 is 10.0 Å². The third kappa shape index (κ3) is 6.99. The van der Waals surface area contributed by atoms with Crippen LogP contribution in [0, 0.1) is 13.8 Å². The number of hydrogen-bond donors (Lipinski definition) is 4. The average Bonchev–Trinajstić information content (AvgIpc) is 2.57. The Morgan fingerprint density at radius 1 is 1.11 bits per heavy atom. The molecule has 4 N–H and O–H groups in total. The van der Waals surface area contributed by atoms with Gasteiger partial charge in [-0.05, 0) is 49.1 Å². The van der Waals surface area contributed by atoms with Gasteiger partial charge in [-0.1, -0.05) is 35.9 Å². The van der Waals surface area contributed by atoms with Gasteiger partial charge in [-0.25, -0.2) is 8.42 Å². The lowest BCUT2D eigenvalue weighted by molar-refractivity contribution is -0.120. The number of aryl methyl sites for hydroxylation is 2. The summed E-state index contributed by atoms with van der Waals surface area (Å²) in [7, 11) is -5.05. The number of carbonyl (C=O) groups is 1. The van der Waals surface area contributed by atoms with Gasteiger partial charge in [-0.2, -0.15) is 0 Å². The molecule has 0 aliphatic rings. The number of rotatable bonds is 8. The predicted molar refractivity (Wildman–Crippen MR) is 110 cm³/mol. The van der Waals surface area contributed by atoms with Crippen LogP contribution in [0.4, 0.5) is 5.69 Å². The van der Waals surface area contributed by atoms with E-state index in [-0.39, 0.29) is 12.3 Å². The van der Waals surface area contributed by atoms with Crippen molar-refractivity contribution in [2.24, 2.45) is 0 Å². The number of benzene rings is 2. The molecule has 2 rings (SSSR count).